The molecule has 1 amide bonds. The van der Waals surface area contributed by atoms with Crippen molar-refractivity contribution in [3.63, 3.8) is 0 Å². The zero-order chi connectivity index (χ0) is 14.5. The topological polar surface area (TPSA) is 77.2 Å². The van der Waals surface area contributed by atoms with E-state index in [-0.39, 0.29) is 11.9 Å². The lowest BCUT2D eigenvalue weighted by atomic mass is 10.3. The lowest BCUT2D eigenvalue weighted by molar-refractivity contribution is 0.0937. The molecule has 5 nitrogen and oxygen atoms in total. The van der Waals surface area contributed by atoms with E-state index in [1.54, 1.807) is 42.6 Å². The number of aromatic nitrogens is 1. The van der Waals surface area contributed by atoms with Crippen molar-refractivity contribution in [2.24, 2.45) is 0 Å². The summed E-state index contributed by atoms with van der Waals surface area (Å²) in [5, 5.41) is 2.78. The number of hydrogen-bond donors (Lipinski definition) is 2. The number of nitrogens with two attached hydrogens (primary N) is 1. The highest BCUT2D eigenvalue weighted by Crippen LogP contribution is 2.22. The Morgan fingerprint density at radius 2 is 1.90 bits per heavy atom. The summed E-state index contributed by atoms with van der Waals surface area (Å²) in [5.41, 5.74) is 6.61. The SMILES string of the molecule is CC(C)NC(=O)c1cc(Oc2ccc(N)cc2)ccn1. The molecule has 1 heterocycles. The summed E-state index contributed by atoms with van der Waals surface area (Å²) >= 11 is 0. The maximum Gasteiger partial charge on any atom is 0.270 e. The summed E-state index contributed by atoms with van der Waals surface area (Å²) in [6, 6.07) is 10.4. The van der Waals surface area contributed by atoms with Gasteiger partial charge in [-0.05, 0) is 44.2 Å². The van der Waals surface area contributed by atoms with Crippen LogP contribution in [0.25, 0.3) is 0 Å². The molecular formula is C15H17N3O2. The van der Waals surface area contributed by atoms with E-state index < -0.39 is 0 Å². The van der Waals surface area contributed by atoms with Crippen LogP contribution in [0.4, 0.5) is 5.69 Å². The molecule has 0 atom stereocenters. The molecule has 0 fully saturated rings. The van der Waals surface area contributed by atoms with Gasteiger partial charge in [-0.15, -0.1) is 0 Å². The Bertz CT molecular complexity index is 594. The second-order valence-corrected chi connectivity index (χ2v) is 4.68. The second-order valence-electron chi connectivity index (χ2n) is 4.68. The van der Waals surface area contributed by atoms with E-state index in [2.05, 4.69) is 10.3 Å². The fourth-order valence-electron chi connectivity index (χ4n) is 1.61. The zero-order valence-electron chi connectivity index (χ0n) is 11.5. The number of anilines is 1. The van der Waals surface area contributed by atoms with Gasteiger partial charge in [0.05, 0.1) is 0 Å². The first-order valence-corrected chi connectivity index (χ1v) is 6.35. The van der Waals surface area contributed by atoms with Gasteiger partial charge in [0.15, 0.2) is 0 Å². The fraction of sp³-hybridized carbons (Fsp3) is 0.200. The molecule has 20 heavy (non-hydrogen) atoms. The summed E-state index contributed by atoms with van der Waals surface area (Å²) in [6.07, 6.45) is 1.54. The number of nitrogens with one attached hydrogen (secondary N) is 1. The molecule has 1 aromatic carbocycles. The Hall–Kier alpha value is -2.56. The Morgan fingerprint density at radius 3 is 2.55 bits per heavy atom. The molecule has 0 bridgehead atoms. The molecule has 2 aromatic rings. The van der Waals surface area contributed by atoms with Gasteiger partial charge in [-0.1, -0.05) is 0 Å². The third-order valence-corrected chi connectivity index (χ3v) is 2.50. The molecule has 0 radical (unpaired) electrons. The molecular weight excluding hydrogens is 254 g/mol. The molecule has 1 aromatic heterocycles. The van der Waals surface area contributed by atoms with Gasteiger partial charge in [-0.25, -0.2) is 0 Å². The van der Waals surface area contributed by atoms with Gasteiger partial charge < -0.3 is 15.8 Å². The molecule has 0 aliphatic heterocycles. The number of amides is 1. The fourth-order valence-corrected chi connectivity index (χ4v) is 1.61. The van der Waals surface area contributed by atoms with E-state index >= 15 is 0 Å². The number of carbonyl (C=O) groups is 1. The first-order chi connectivity index (χ1) is 9.54. The van der Waals surface area contributed by atoms with E-state index in [1.165, 1.54) is 0 Å². The van der Waals surface area contributed by atoms with Crippen LogP contribution >= 0.6 is 0 Å². The van der Waals surface area contributed by atoms with Crippen LogP contribution < -0.4 is 15.8 Å². The minimum Gasteiger partial charge on any atom is -0.457 e. The first-order valence-electron chi connectivity index (χ1n) is 6.35. The van der Waals surface area contributed by atoms with Crippen molar-refractivity contribution in [1.29, 1.82) is 0 Å². The number of hydrogen-bond acceptors (Lipinski definition) is 4. The first kappa shape index (κ1) is 13.9. The van der Waals surface area contributed by atoms with Crippen molar-refractivity contribution in [2.75, 3.05) is 5.73 Å². The molecule has 0 unspecified atom stereocenters. The average molecular weight is 271 g/mol. The minimum absolute atomic E-state index is 0.0611. The molecule has 3 N–H and O–H groups in total. The van der Waals surface area contributed by atoms with Gasteiger partial charge in [-0.3, -0.25) is 9.78 Å². The van der Waals surface area contributed by atoms with Gasteiger partial charge in [0.25, 0.3) is 5.91 Å². The Balaban J connectivity index is 2.13. The summed E-state index contributed by atoms with van der Waals surface area (Å²) in [5.74, 6) is 0.988. The highest BCUT2D eigenvalue weighted by Gasteiger charge is 2.09. The van der Waals surface area contributed by atoms with E-state index in [9.17, 15) is 4.79 Å². The average Bonchev–Trinajstić information content (AvgIpc) is 2.41. The molecule has 0 saturated heterocycles. The lowest BCUT2D eigenvalue weighted by Gasteiger charge is -2.09. The standard InChI is InChI=1S/C15H17N3O2/c1-10(2)18-15(19)14-9-13(7-8-17-14)20-12-5-3-11(16)4-6-12/h3-10H,16H2,1-2H3,(H,18,19). The predicted molar refractivity (Wildman–Crippen MR) is 77.8 cm³/mol. The van der Waals surface area contributed by atoms with E-state index in [4.69, 9.17) is 10.5 Å². The van der Waals surface area contributed by atoms with Crippen LogP contribution in [0, 0.1) is 0 Å². The summed E-state index contributed by atoms with van der Waals surface area (Å²) < 4.78 is 5.65. The molecule has 2 rings (SSSR count). The quantitative estimate of drug-likeness (QED) is 0.838. The van der Waals surface area contributed by atoms with Crippen molar-refractivity contribution >= 4 is 11.6 Å². The summed E-state index contributed by atoms with van der Waals surface area (Å²) in [6.45, 7) is 3.79. The maximum atomic E-state index is 11.9. The van der Waals surface area contributed by atoms with Crippen molar-refractivity contribution in [2.45, 2.75) is 19.9 Å². The molecule has 104 valence electrons. The second kappa shape index (κ2) is 6.06. The van der Waals surface area contributed by atoms with Crippen molar-refractivity contribution in [3.8, 4) is 11.5 Å². The Morgan fingerprint density at radius 1 is 1.20 bits per heavy atom. The normalized spacial score (nSPS) is 10.3. The third kappa shape index (κ3) is 3.71. The van der Waals surface area contributed by atoms with Crippen molar-refractivity contribution in [3.05, 3.63) is 48.3 Å². The summed E-state index contributed by atoms with van der Waals surface area (Å²) in [4.78, 5) is 15.9. The van der Waals surface area contributed by atoms with Crippen molar-refractivity contribution < 1.29 is 9.53 Å². The molecule has 0 aliphatic carbocycles. The largest absolute Gasteiger partial charge is 0.457 e. The van der Waals surface area contributed by atoms with Crippen LogP contribution in [-0.2, 0) is 0 Å². The van der Waals surface area contributed by atoms with Crippen LogP contribution in [0.3, 0.4) is 0 Å². The van der Waals surface area contributed by atoms with Gasteiger partial charge in [0, 0.05) is 24.0 Å². The van der Waals surface area contributed by atoms with E-state index in [0.29, 0.717) is 22.9 Å². The van der Waals surface area contributed by atoms with Gasteiger partial charge in [0.2, 0.25) is 0 Å². The van der Waals surface area contributed by atoms with Crippen LogP contribution in [0.15, 0.2) is 42.6 Å². The Labute approximate surface area is 117 Å². The third-order valence-electron chi connectivity index (χ3n) is 2.50. The maximum absolute atomic E-state index is 11.9. The predicted octanol–water partition coefficient (Wildman–Crippen LogP) is 2.59. The van der Waals surface area contributed by atoms with Crippen molar-refractivity contribution in [1.82, 2.24) is 10.3 Å². The molecule has 0 saturated carbocycles. The van der Waals surface area contributed by atoms with Gasteiger partial charge in [-0.2, -0.15) is 0 Å². The van der Waals surface area contributed by atoms with E-state index in [0.717, 1.165) is 0 Å². The van der Waals surface area contributed by atoms with Gasteiger partial charge >= 0.3 is 0 Å². The highest BCUT2D eigenvalue weighted by molar-refractivity contribution is 5.92. The minimum atomic E-state index is -0.220. The van der Waals surface area contributed by atoms with Crippen LogP contribution in [-0.4, -0.2) is 16.9 Å². The van der Waals surface area contributed by atoms with Crippen LogP contribution in [0.1, 0.15) is 24.3 Å². The molecule has 5 heteroatoms. The number of benzene rings is 1. The zero-order valence-corrected chi connectivity index (χ0v) is 11.5. The number of rotatable bonds is 4. The van der Waals surface area contributed by atoms with Crippen LogP contribution in [0.5, 0.6) is 11.5 Å². The van der Waals surface area contributed by atoms with Crippen LogP contribution in [0.2, 0.25) is 0 Å². The smallest absolute Gasteiger partial charge is 0.270 e. The summed E-state index contributed by atoms with van der Waals surface area (Å²) in [7, 11) is 0. The Kier molecular flexibility index (Phi) is 4.20. The lowest BCUT2D eigenvalue weighted by Crippen LogP contribution is -2.30. The highest BCUT2D eigenvalue weighted by atomic mass is 16.5. The molecule has 0 spiro atoms. The monoisotopic (exact) mass is 271 g/mol. The number of nitrogens with zero attached hydrogens (tertiary/aromatic N) is 1. The number of nitrogen functional groups attached to an aromatic ring is 1. The number of carbonyl (C=O) groups excluding carboxylic acids is 1. The molecule has 0 aliphatic rings. The number of ether oxygens (including phenoxy) is 1. The van der Waals surface area contributed by atoms with Gasteiger partial charge in [0.1, 0.15) is 17.2 Å². The number of pyridine rings is 1. The van der Waals surface area contributed by atoms with E-state index in [1.807, 2.05) is 13.8 Å².